The smallest absolute Gasteiger partial charge is 0.481 e. The van der Waals surface area contributed by atoms with Crippen LogP contribution in [0.1, 0.15) is 59.2 Å². The Labute approximate surface area is 302 Å². The molecule has 5 rings (SSSR count). The zero-order valence-electron chi connectivity index (χ0n) is 30.0. The summed E-state index contributed by atoms with van der Waals surface area (Å²) in [7, 11) is -5.34. The Morgan fingerprint density at radius 1 is 0.863 bits per heavy atom. The normalized spacial score (nSPS) is 13.0. The maximum Gasteiger partial charge on any atom is 0.510 e. The van der Waals surface area contributed by atoms with E-state index in [1.165, 1.54) is 12.1 Å². The third-order valence-electron chi connectivity index (χ3n) is 8.99. The van der Waals surface area contributed by atoms with E-state index < -0.39 is 28.4 Å². The summed E-state index contributed by atoms with van der Waals surface area (Å²) in [4.78, 5) is 12.1. The molecule has 0 aliphatic carbocycles. The molecule has 1 aromatic heterocycles. The van der Waals surface area contributed by atoms with Gasteiger partial charge in [0.15, 0.2) is 0 Å². The maximum absolute atomic E-state index is 14.0. The molecule has 1 N–H and O–H groups in total. The van der Waals surface area contributed by atoms with E-state index in [9.17, 15) is 18.9 Å². The number of halogens is 1. The van der Waals surface area contributed by atoms with Crippen molar-refractivity contribution in [1.29, 1.82) is 0 Å². The minimum absolute atomic E-state index is 0.0466. The summed E-state index contributed by atoms with van der Waals surface area (Å²) in [5.74, 6) is -1.33. The number of aliphatic carboxylic acids is 1. The molecular formula is C41H47FN2O5PSi+. The largest absolute Gasteiger partial charge is 0.510 e. The lowest BCUT2D eigenvalue weighted by molar-refractivity contribution is -0.138. The topological polar surface area (TPSA) is 90.7 Å². The number of nitrogens with zero attached hydrogens (tertiary/aromatic N) is 2. The fraction of sp³-hybridized carbons (Fsp3) is 0.317. The standard InChI is InChI=1S/C41H46FN2O5PSi/c1-30(2)44-37(39(31-23-25-33(42)26-24-31)40(43-44)32-16-9-6-10-17-32)22-15-27-48-50(47)29-34(28-38(45)46)49-51(41(3,4)5,35-18-11-7-12-19-35)36-20-13-8-14-21-36/h6-14,16-21,23-26,30,34H,15,22,27-29H2,1-5H3/p+1/t34-/m0/s1. The molecule has 1 heterocycles. The maximum atomic E-state index is 14.0. The van der Waals surface area contributed by atoms with E-state index in [1.807, 2.05) is 95.7 Å². The number of carboxylic acid groups (broad SMARTS) is 1. The van der Waals surface area contributed by atoms with E-state index in [4.69, 9.17) is 14.0 Å². The van der Waals surface area contributed by atoms with Gasteiger partial charge in [0.05, 0.1) is 6.42 Å². The molecule has 0 spiro atoms. The lowest BCUT2D eigenvalue weighted by Gasteiger charge is -2.44. The van der Waals surface area contributed by atoms with Crippen LogP contribution in [0.4, 0.5) is 4.39 Å². The molecule has 0 saturated carbocycles. The molecule has 1 unspecified atom stereocenters. The van der Waals surface area contributed by atoms with Crippen LogP contribution in [-0.2, 0) is 24.7 Å². The molecule has 5 aromatic rings. The molecule has 0 bridgehead atoms. The van der Waals surface area contributed by atoms with Crippen molar-refractivity contribution in [3.05, 3.63) is 127 Å². The van der Waals surface area contributed by atoms with Crippen molar-refractivity contribution in [2.75, 3.05) is 12.8 Å². The first-order valence-corrected chi connectivity index (χ1v) is 20.7. The quantitative estimate of drug-likeness (QED) is 0.0621. The van der Waals surface area contributed by atoms with Gasteiger partial charge < -0.3 is 9.53 Å². The zero-order chi connectivity index (χ0) is 36.6. The number of rotatable bonds is 16. The van der Waals surface area contributed by atoms with Crippen LogP contribution in [0.5, 0.6) is 0 Å². The number of benzene rings is 4. The summed E-state index contributed by atoms with van der Waals surface area (Å²) in [5.41, 5.74) is 4.55. The lowest BCUT2D eigenvalue weighted by Crippen LogP contribution is -2.68. The minimum Gasteiger partial charge on any atom is -0.481 e. The summed E-state index contributed by atoms with van der Waals surface area (Å²) in [6.45, 7) is 10.7. The van der Waals surface area contributed by atoms with Crippen molar-refractivity contribution >= 4 is 32.7 Å². The molecule has 51 heavy (non-hydrogen) atoms. The van der Waals surface area contributed by atoms with Gasteiger partial charge >= 0.3 is 14.0 Å². The van der Waals surface area contributed by atoms with Gasteiger partial charge in [0.25, 0.3) is 8.32 Å². The SMILES string of the molecule is CC(C)n1nc(-c2ccccc2)c(-c2ccc(F)cc2)c1CCCO[P+](=O)C[C@H](CC(=O)O)O[Si](c1ccccc1)(c1ccccc1)C(C)(C)C. The second-order valence-corrected chi connectivity index (χ2v) is 19.6. The Kier molecular flexibility index (Phi) is 12.5. The van der Waals surface area contributed by atoms with E-state index in [0.717, 1.165) is 38.5 Å². The van der Waals surface area contributed by atoms with Crippen LogP contribution in [0.15, 0.2) is 115 Å². The first-order valence-electron chi connectivity index (χ1n) is 17.4. The Balaban J connectivity index is 1.36. The van der Waals surface area contributed by atoms with Gasteiger partial charge in [0.1, 0.15) is 24.2 Å². The van der Waals surface area contributed by atoms with Gasteiger partial charge in [-0.25, -0.2) is 4.39 Å². The van der Waals surface area contributed by atoms with Gasteiger partial charge in [0, 0.05) is 22.9 Å². The Morgan fingerprint density at radius 3 is 1.92 bits per heavy atom. The summed E-state index contributed by atoms with van der Waals surface area (Å²) in [6.07, 6.45) is -0.0641. The molecule has 0 aliphatic heterocycles. The third-order valence-corrected chi connectivity index (χ3v) is 15.3. The molecule has 10 heteroatoms. The highest BCUT2D eigenvalue weighted by Gasteiger charge is 2.52. The summed E-state index contributed by atoms with van der Waals surface area (Å²) in [5, 5.41) is 16.6. The van der Waals surface area contributed by atoms with Crippen molar-refractivity contribution in [1.82, 2.24) is 9.78 Å². The van der Waals surface area contributed by atoms with Gasteiger partial charge in [-0.2, -0.15) is 5.10 Å². The molecule has 7 nitrogen and oxygen atoms in total. The van der Waals surface area contributed by atoms with Crippen LogP contribution >= 0.6 is 8.03 Å². The van der Waals surface area contributed by atoms with Crippen molar-refractivity contribution in [3.8, 4) is 22.4 Å². The van der Waals surface area contributed by atoms with Gasteiger partial charge in [0.2, 0.25) is 6.16 Å². The van der Waals surface area contributed by atoms with E-state index in [2.05, 4.69) is 34.6 Å². The average Bonchev–Trinajstić information content (AvgIpc) is 3.49. The molecular weight excluding hydrogens is 679 g/mol. The van der Waals surface area contributed by atoms with Crippen molar-refractivity contribution in [3.63, 3.8) is 0 Å². The van der Waals surface area contributed by atoms with Gasteiger partial charge in [-0.05, 0) is 64.4 Å². The van der Waals surface area contributed by atoms with E-state index in [1.54, 1.807) is 12.1 Å². The zero-order valence-corrected chi connectivity index (χ0v) is 31.9. The lowest BCUT2D eigenvalue weighted by atomic mass is 9.97. The second-order valence-electron chi connectivity index (χ2n) is 14.0. The Bertz CT molecular complexity index is 1860. The Hall–Kier alpha value is -4.27. The fourth-order valence-corrected chi connectivity index (χ4v) is 12.6. The molecule has 2 atom stereocenters. The second kappa shape index (κ2) is 16.8. The average molecular weight is 726 g/mol. The molecule has 0 fully saturated rings. The van der Waals surface area contributed by atoms with Crippen LogP contribution in [0.2, 0.25) is 5.04 Å². The number of carbonyl (C=O) groups is 1. The van der Waals surface area contributed by atoms with Gasteiger partial charge in [-0.3, -0.25) is 9.48 Å². The first-order chi connectivity index (χ1) is 24.4. The highest BCUT2D eigenvalue weighted by Crippen LogP contribution is 2.40. The van der Waals surface area contributed by atoms with Crippen molar-refractivity contribution in [2.45, 2.75) is 71.1 Å². The molecule has 266 valence electrons. The number of hydrogen-bond acceptors (Lipinski definition) is 5. The van der Waals surface area contributed by atoms with Gasteiger partial charge in [-0.15, -0.1) is 4.52 Å². The first kappa shape index (κ1) is 38.0. The van der Waals surface area contributed by atoms with E-state index in [-0.39, 0.29) is 36.1 Å². The minimum atomic E-state index is -3.09. The predicted molar refractivity (Wildman–Crippen MR) is 205 cm³/mol. The molecule has 0 amide bonds. The van der Waals surface area contributed by atoms with Crippen LogP contribution in [0.3, 0.4) is 0 Å². The van der Waals surface area contributed by atoms with Crippen LogP contribution in [0.25, 0.3) is 22.4 Å². The van der Waals surface area contributed by atoms with E-state index in [0.29, 0.717) is 12.8 Å². The Morgan fingerprint density at radius 2 is 1.41 bits per heavy atom. The van der Waals surface area contributed by atoms with Crippen molar-refractivity contribution < 1.29 is 27.8 Å². The van der Waals surface area contributed by atoms with Crippen molar-refractivity contribution in [2.24, 2.45) is 0 Å². The predicted octanol–water partition coefficient (Wildman–Crippen LogP) is 9.05. The highest BCUT2D eigenvalue weighted by molar-refractivity contribution is 7.39. The number of hydrogen-bond donors (Lipinski definition) is 1. The molecule has 0 aliphatic rings. The van der Waals surface area contributed by atoms with Crippen LogP contribution in [-0.4, -0.2) is 48.0 Å². The third kappa shape index (κ3) is 8.97. The number of carboxylic acids is 1. The van der Waals surface area contributed by atoms with Crippen LogP contribution in [0, 0.1) is 5.82 Å². The number of aromatic nitrogens is 2. The fourth-order valence-electron chi connectivity index (χ4n) is 6.76. The highest BCUT2D eigenvalue weighted by atomic mass is 31.1. The molecule has 0 saturated heterocycles. The molecule has 4 aromatic carbocycles. The van der Waals surface area contributed by atoms with Gasteiger partial charge in [-0.1, -0.05) is 124 Å². The molecule has 0 radical (unpaired) electrons. The summed E-state index contributed by atoms with van der Waals surface area (Å²) >= 11 is 0. The summed E-state index contributed by atoms with van der Waals surface area (Å²) < 4.78 is 42.5. The summed E-state index contributed by atoms with van der Waals surface area (Å²) in [6, 6.07) is 36.4. The van der Waals surface area contributed by atoms with Crippen LogP contribution < -0.4 is 10.4 Å². The van der Waals surface area contributed by atoms with E-state index >= 15 is 0 Å². The monoisotopic (exact) mass is 725 g/mol.